The van der Waals surface area contributed by atoms with Crippen LogP contribution in [0.15, 0.2) is 11.0 Å². The van der Waals surface area contributed by atoms with E-state index >= 15 is 0 Å². The molecule has 2 heterocycles. The zero-order valence-electron chi connectivity index (χ0n) is 10.9. The highest BCUT2D eigenvalue weighted by molar-refractivity contribution is 5.26. The summed E-state index contributed by atoms with van der Waals surface area (Å²) in [6.07, 6.45) is -3.51. The molecule has 0 aliphatic carbocycles. The summed E-state index contributed by atoms with van der Waals surface area (Å²) in [5.74, 6) is -1.42. The second kappa shape index (κ2) is 6.09. The van der Waals surface area contributed by atoms with Gasteiger partial charge in [0.1, 0.15) is 12.2 Å². The minimum Gasteiger partial charge on any atom is -0.388 e. The quantitative estimate of drug-likeness (QED) is 0.645. The molecule has 1 saturated heterocycles. The van der Waals surface area contributed by atoms with Crippen molar-refractivity contribution in [3.63, 3.8) is 0 Å². The maximum Gasteiger partial charge on any atom is 0.351 e. The lowest BCUT2D eigenvalue weighted by Gasteiger charge is -2.17. The molecule has 0 spiro atoms. The number of hydrogen-bond donors (Lipinski definition) is 3. The van der Waals surface area contributed by atoms with E-state index in [2.05, 4.69) is 4.98 Å². The van der Waals surface area contributed by atoms with Crippen LogP contribution in [0.1, 0.15) is 27.0 Å². The van der Waals surface area contributed by atoms with Gasteiger partial charge in [0.2, 0.25) is 0 Å². The van der Waals surface area contributed by atoms with E-state index in [1.165, 1.54) is 6.92 Å². The van der Waals surface area contributed by atoms with Crippen molar-refractivity contribution in [2.24, 2.45) is 0 Å². The lowest BCUT2D eigenvalue weighted by molar-refractivity contribution is -0.0355. The first-order chi connectivity index (χ1) is 8.91. The number of anilines is 1. The van der Waals surface area contributed by atoms with Crippen molar-refractivity contribution in [2.75, 3.05) is 5.73 Å². The monoisotopic (exact) mass is 275 g/mol. The fourth-order valence-electron chi connectivity index (χ4n) is 1.70. The summed E-state index contributed by atoms with van der Waals surface area (Å²) < 4.78 is 19.1. The molecule has 1 aromatic rings. The van der Waals surface area contributed by atoms with E-state index in [1.54, 1.807) is 0 Å². The molecule has 8 heteroatoms. The Kier molecular flexibility index (Phi) is 4.98. The lowest BCUT2D eigenvalue weighted by Crippen LogP contribution is -2.35. The summed E-state index contributed by atoms with van der Waals surface area (Å²) in [5.41, 5.74) is 4.27. The number of ether oxygens (including phenoxy) is 1. The summed E-state index contributed by atoms with van der Waals surface area (Å²) in [6.45, 7) is 5.53. The standard InChI is InChI=1S/C9H12FN3O4.C2H6/c1-3-5(14)6(15)8(17-3)13-2-4(10)7(11)12-9(13)16;1-2/h2-3,5-6,8,14-15H,1H3,(H2,11,12,16);1-2H3. The zero-order valence-corrected chi connectivity index (χ0v) is 10.9. The maximum absolute atomic E-state index is 13.2. The van der Waals surface area contributed by atoms with Crippen LogP contribution in [0.5, 0.6) is 0 Å². The Morgan fingerprint density at radius 1 is 1.42 bits per heavy atom. The van der Waals surface area contributed by atoms with Gasteiger partial charge in [0.15, 0.2) is 17.9 Å². The molecular formula is C11H18FN3O4. The molecule has 4 unspecified atom stereocenters. The van der Waals surface area contributed by atoms with Crippen LogP contribution in [0, 0.1) is 5.82 Å². The largest absolute Gasteiger partial charge is 0.388 e. The van der Waals surface area contributed by atoms with Gasteiger partial charge in [-0.05, 0) is 6.92 Å². The Hall–Kier alpha value is -1.51. The molecule has 19 heavy (non-hydrogen) atoms. The van der Waals surface area contributed by atoms with Gasteiger partial charge in [-0.1, -0.05) is 13.8 Å². The topological polar surface area (TPSA) is 111 Å². The van der Waals surface area contributed by atoms with Crippen molar-refractivity contribution in [1.82, 2.24) is 9.55 Å². The van der Waals surface area contributed by atoms with Crippen LogP contribution >= 0.6 is 0 Å². The highest BCUT2D eigenvalue weighted by Crippen LogP contribution is 2.28. The lowest BCUT2D eigenvalue weighted by atomic mass is 10.1. The van der Waals surface area contributed by atoms with Crippen molar-refractivity contribution in [3.8, 4) is 0 Å². The molecule has 4 atom stereocenters. The fraction of sp³-hybridized carbons (Fsp3) is 0.636. The van der Waals surface area contributed by atoms with E-state index in [1.807, 2.05) is 13.8 Å². The molecule has 1 aromatic heterocycles. The van der Waals surface area contributed by atoms with Gasteiger partial charge < -0.3 is 20.7 Å². The van der Waals surface area contributed by atoms with Crippen LogP contribution in [0.4, 0.5) is 10.2 Å². The van der Waals surface area contributed by atoms with E-state index in [-0.39, 0.29) is 0 Å². The minimum atomic E-state index is -1.33. The van der Waals surface area contributed by atoms with Crippen molar-refractivity contribution in [3.05, 3.63) is 22.5 Å². The third-order valence-electron chi connectivity index (χ3n) is 2.69. The zero-order chi connectivity index (χ0) is 14.7. The molecule has 0 aromatic carbocycles. The first-order valence-corrected chi connectivity index (χ1v) is 5.97. The Morgan fingerprint density at radius 2 is 2.00 bits per heavy atom. The normalized spacial score (nSPS) is 29.8. The Bertz CT molecular complexity index is 493. The number of aliphatic hydroxyl groups excluding tert-OH is 2. The fourth-order valence-corrected chi connectivity index (χ4v) is 1.70. The molecular weight excluding hydrogens is 257 g/mol. The smallest absolute Gasteiger partial charge is 0.351 e. The average molecular weight is 275 g/mol. The van der Waals surface area contributed by atoms with Crippen molar-refractivity contribution >= 4 is 5.82 Å². The molecule has 4 N–H and O–H groups in total. The first kappa shape index (κ1) is 15.5. The van der Waals surface area contributed by atoms with Crippen LogP contribution in [-0.2, 0) is 4.74 Å². The summed E-state index contributed by atoms with van der Waals surface area (Å²) in [5, 5.41) is 19.1. The molecule has 2 rings (SSSR count). The molecule has 0 saturated carbocycles. The van der Waals surface area contributed by atoms with Crippen LogP contribution < -0.4 is 11.4 Å². The highest BCUT2D eigenvalue weighted by atomic mass is 19.1. The second-order valence-electron chi connectivity index (χ2n) is 3.88. The van der Waals surface area contributed by atoms with Crippen LogP contribution in [0.2, 0.25) is 0 Å². The number of rotatable bonds is 1. The third-order valence-corrected chi connectivity index (χ3v) is 2.69. The second-order valence-corrected chi connectivity index (χ2v) is 3.88. The third kappa shape index (κ3) is 2.91. The Labute approximate surface area is 109 Å². The van der Waals surface area contributed by atoms with Crippen LogP contribution in [0.3, 0.4) is 0 Å². The van der Waals surface area contributed by atoms with Gasteiger partial charge in [0, 0.05) is 0 Å². The van der Waals surface area contributed by atoms with Crippen LogP contribution in [0.25, 0.3) is 0 Å². The molecule has 0 amide bonds. The van der Waals surface area contributed by atoms with Gasteiger partial charge in [-0.15, -0.1) is 0 Å². The average Bonchev–Trinajstić information content (AvgIpc) is 2.64. The number of aromatic nitrogens is 2. The first-order valence-electron chi connectivity index (χ1n) is 5.97. The Morgan fingerprint density at radius 3 is 2.47 bits per heavy atom. The van der Waals surface area contributed by atoms with E-state index < -0.39 is 41.9 Å². The van der Waals surface area contributed by atoms with Crippen molar-refractivity contribution in [2.45, 2.75) is 45.3 Å². The number of hydrogen-bond acceptors (Lipinski definition) is 6. The Balaban J connectivity index is 0.000000861. The predicted octanol–water partition coefficient (Wildman–Crippen LogP) is -0.370. The number of aliphatic hydroxyl groups is 2. The summed E-state index contributed by atoms with van der Waals surface area (Å²) in [7, 11) is 0. The number of nitrogens with two attached hydrogens (primary N) is 1. The molecule has 7 nitrogen and oxygen atoms in total. The van der Waals surface area contributed by atoms with Gasteiger partial charge in [-0.25, -0.2) is 9.18 Å². The van der Waals surface area contributed by atoms with E-state index in [0.717, 1.165) is 10.8 Å². The number of nitrogen functional groups attached to an aromatic ring is 1. The van der Waals surface area contributed by atoms with Gasteiger partial charge in [-0.3, -0.25) is 4.57 Å². The van der Waals surface area contributed by atoms with Crippen molar-refractivity contribution < 1.29 is 19.3 Å². The predicted molar refractivity (Wildman–Crippen MR) is 65.8 cm³/mol. The summed E-state index contributed by atoms with van der Waals surface area (Å²) in [4.78, 5) is 14.7. The maximum atomic E-state index is 13.2. The molecule has 108 valence electrons. The number of halogens is 1. The summed E-state index contributed by atoms with van der Waals surface area (Å²) in [6, 6.07) is 0. The molecule has 0 radical (unpaired) electrons. The van der Waals surface area contributed by atoms with Crippen LogP contribution in [-0.4, -0.2) is 38.1 Å². The molecule has 0 bridgehead atoms. The SMILES string of the molecule is CC.CC1OC(n2cc(F)c(N)nc2=O)C(O)C1O. The van der Waals surface area contributed by atoms with E-state index in [0.29, 0.717) is 0 Å². The minimum absolute atomic E-state index is 0.521. The molecule has 1 aliphatic rings. The van der Waals surface area contributed by atoms with Crippen molar-refractivity contribution in [1.29, 1.82) is 0 Å². The van der Waals surface area contributed by atoms with E-state index in [9.17, 15) is 19.4 Å². The van der Waals surface area contributed by atoms with E-state index in [4.69, 9.17) is 10.5 Å². The molecule has 1 fully saturated rings. The summed E-state index contributed by atoms with van der Waals surface area (Å²) >= 11 is 0. The van der Waals surface area contributed by atoms with Gasteiger partial charge in [0.05, 0.1) is 12.3 Å². The molecule has 1 aliphatic heterocycles. The highest BCUT2D eigenvalue weighted by Gasteiger charge is 2.41. The van der Waals surface area contributed by atoms with Gasteiger partial charge in [-0.2, -0.15) is 4.98 Å². The van der Waals surface area contributed by atoms with Gasteiger partial charge >= 0.3 is 5.69 Å². The number of nitrogens with zero attached hydrogens (tertiary/aromatic N) is 2. The van der Waals surface area contributed by atoms with Gasteiger partial charge in [0.25, 0.3) is 0 Å².